The van der Waals surface area contributed by atoms with Gasteiger partial charge in [-0.2, -0.15) is 13.2 Å². The van der Waals surface area contributed by atoms with Crippen LogP contribution in [-0.4, -0.2) is 78.5 Å². The number of ether oxygens (including phenoxy) is 1. The van der Waals surface area contributed by atoms with Crippen molar-refractivity contribution in [1.29, 1.82) is 0 Å². The Labute approximate surface area is 134 Å². The molecule has 0 aromatic heterocycles. The van der Waals surface area contributed by atoms with Crippen molar-refractivity contribution in [3.8, 4) is 0 Å². The summed E-state index contributed by atoms with van der Waals surface area (Å²) >= 11 is 0. The highest BCUT2D eigenvalue weighted by molar-refractivity contribution is 5.90. The van der Waals surface area contributed by atoms with Gasteiger partial charge in [-0.05, 0) is 0 Å². The van der Waals surface area contributed by atoms with Gasteiger partial charge in [0.25, 0.3) is 0 Å². The Morgan fingerprint density at radius 3 is 1.75 bits per heavy atom. The first-order valence-electron chi connectivity index (χ1n) is 6.26. The molecule has 1 atom stereocenters. The van der Waals surface area contributed by atoms with Gasteiger partial charge in [-0.25, -0.2) is 0 Å². The molecule has 0 spiro atoms. The summed E-state index contributed by atoms with van der Waals surface area (Å²) < 4.78 is 36.8. The van der Waals surface area contributed by atoms with Crippen LogP contribution in [0.1, 0.15) is 12.8 Å². The monoisotopic (exact) mass is 364 g/mol. The fourth-order valence-corrected chi connectivity index (χ4v) is 1.30. The molecule has 2 N–H and O–H groups in total. The SMILES string of the molecule is O=C([O-])C(F)(F)F.[13CH3][N+]([13CH3])([13CH3])C[C@@H](CC(=O)O)OC(=O)CC(=O)O. The zero-order valence-electron chi connectivity index (χ0n) is 13.1. The number of carboxylic acids is 3. The topological polar surface area (TPSA) is 141 Å². The summed E-state index contributed by atoms with van der Waals surface area (Å²) in [6.45, 7) is 0.303. The first kappa shape index (κ1) is 23.9. The van der Waals surface area contributed by atoms with E-state index in [1.54, 1.807) is 0 Å². The van der Waals surface area contributed by atoms with Gasteiger partial charge in [-0.1, -0.05) is 0 Å². The van der Waals surface area contributed by atoms with Gasteiger partial charge in [0.1, 0.15) is 18.9 Å². The van der Waals surface area contributed by atoms with Crippen LogP contribution in [0.2, 0.25) is 0 Å². The van der Waals surface area contributed by atoms with Gasteiger partial charge in [-0.15, -0.1) is 0 Å². The smallest absolute Gasteiger partial charge is 0.430 e. The molecule has 0 amide bonds. The third-order valence-corrected chi connectivity index (χ3v) is 1.98. The van der Waals surface area contributed by atoms with E-state index >= 15 is 0 Å². The lowest BCUT2D eigenvalue weighted by Crippen LogP contribution is -2.44. The Hall–Kier alpha value is -2.37. The second kappa shape index (κ2) is 9.70. The van der Waals surface area contributed by atoms with Crippen molar-refractivity contribution in [3.63, 3.8) is 0 Å². The number of alkyl halides is 3. The largest absolute Gasteiger partial charge is 0.542 e. The summed E-state index contributed by atoms with van der Waals surface area (Å²) in [5.41, 5.74) is 0. The number of carbonyl (C=O) groups is 4. The molecule has 0 aliphatic heterocycles. The first-order valence-corrected chi connectivity index (χ1v) is 6.26. The number of nitrogens with zero attached hydrogens (tertiary/aromatic N) is 1. The number of halogens is 3. The number of likely N-dealkylation sites (N-methyl/N-ethyl adjacent to an activating group) is 1. The third-order valence-electron chi connectivity index (χ3n) is 1.98. The van der Waals surface area contributed by atoms with E-state index < -0.39 is 42.6 Å². The molecule has 0 rings (SSSR count). The van der Waals surface area contributed by atoms with Gasteiger partial charge in [0, 0.05) is 0 Å². The summed E-state index contributed by atoms with van der Waals surface area (Å²) in [6, 6.07) is 0. The molecule has 0 saturated carbocycles. The Kier molecular flexibility index (Phi) is 9.65. The molecule has 0 aromatic carbocycles. The Morgan fingerprint density at radius 1 is 1.08 bits per heavy atom. The lowest BCUT2D eigenvalue weighted by molar-refractivity contribution is -0.873. The number of aliphatic carboxylic acids is 3. The maximum atomic E-state index is 11.1. The van der Waals surface area contributed by atoms with Gasteiger partial charge in [-0.3, -0.25) is 14.4 Å². The van der Waals surface area contributed by atoms with E-state index in [2.05, 4.69) is 0 Å². The average Bonchev–Trinajstić information content (AvgIpc) is 2.22. The van der Waals surface area contributed by atoms with Crippen LogP contribution < -0.4 is 5.11 Å². The minimum absolute atomic E-state index is 0.303. The summed E-state index contributed by atoms with van der Waals surface area (Å²) in [5, 5.41) is 25.8. The minimum atomic E-state index is -5.19. The molecule has 9 nitrogen and oxygen atoms in total. The molecule has 0 aliphatic carbocycles. The summed E-state index contributed by atoms with van der Waals surface area (Å²) in [6.07, 6.45) is -7.10. The highest BCUT2D eigenvalue weighted by atomic mass is 19.4. The highest BCUT2D eigenvalue weighted by Gasteiger charge is 2.29. The van der Waals surface area contributed by atoms with Gasteiger partial charge in [0.15, 0.2) is 6.10 Å². The molecule has 0 aromatic rings. The number of carboxylic acid groups (broad SMARTS) is 3. The maximum absolute atomic E-state index is 11.1. The van der Waals surface area contributed by atoms with Gasteiger partial charge in [0.2, 0.25) is 0 Å². The van der Waals surface area contributed by atoms with Crippen LogP contribution in [0.25, 0.3) is 0 Å². The quantitative estimate of drug-likeness (QED) is 0.250. The molecule has 12 heteroatoms. The van der Waals surface area contributed by atoms with Crippen molar-refractivity contribution >= 4 is 23.9 Å². The standard InChI is InChI=1S/C10H17NO6.C2HF3O2/c1-11(2,3)6-7(4-8(12)13)17-10(16)5-9(14)15;3-2(4,5)1(6)7/h7H,4-6H2,1-3H3,(H-,12,13,14,15);(H,6,7)/t7-;/m1./s1/i1+1,2+1,3+1;. The van der Waals surface area contributed by atoms with Crippen molar-refractivity contribution in [1.82, 2.24) is 0 Å². The van der Waals surface area contributed by atoms with E-state index in [-0.39, 0.29) is 6.42 Å². The fourth-order valence-electron chi connectivity index (χ4n) is 1.30. The first-order chi connectivity index (χ1) is 10.5. The number of hydrogen-bond donors (Lipinski definition) is 2. The van der Waals surface area contributed by atoms with Crippen LogP contribution in [0.15, 0.2) is 0 Å². The predicted molar refractivity (Wildman–Crippen MR) is 68.3 cm³/mol. The number of rotatable bonds is 7. The summed E-state index contributed by atoms with van der Waals surface area (Å²) in [5.74, 6) is -6.31. The molecule has 140 valence electrons. The molecule has 0 heterocycles. The van der Waals surface area contributed by atoms with Crippen molar-refractivity contribution in [3.05, 3.63) is 0 Å². The van der Waals surface area contributed by atoms with Gasteiger partial charge >= 0.3 is 24.1 Å². The normalized spacial score (nSPS) is 12.4. The lowest BCUT2D eigenvalue weighted by Gasteiger charge is -2.28. The number of hydrogen-bond acceptors (Lipinski definition) is 6. The molecule has 0 aliphatic rings. The Balaban J connectivity index is 0. The Morgan fingerprint density at radius 2 is 1.50 bits per heavy atom. The van der Waals surface area contributed by atoms with Crippen LogP contribution in [0, 0.1) is 0 Å². The third kappa shape index (κ3) is 16.0. The number of esters is 1. The molecule has 0 saturated heterocycles. The molecule has 0 radical (unpaired) electrons. The second-order valence-corrected chi connectivity index (χ2v) is 5.54. The van der Waals surface area contributed by atoms with Crippen molar-refractivity contribution in [2.75, 3.05) is 27.7 Å². The average molecular weight is 364 g/mol. The fraction of sp³-hybridized carbons (Fsp3) is 0.667. The van der Waals surface area contributed by atoms with Crippen LogP contribution in [0.3, 0.4) is 0 Å². The second-order valence-electron chi connectivity index (χ2n) is 5.54. The van der Waals surface area contributed by atoms with Crippen LogP contribution in [0.5, 0.6) is 0 Å². The van der Waals surface area contributed by atoms with Crippen LogP contribution in [0.4, 0.5) is 13.2 Å². The van der Waals surface area contributed by atoms with Crippen molar-refractivity contribution in [2.24, 2.45) is 0 Å². The van der Waals surface area contributed by atoms with E-state index in [1.807, 2.05) is 21.1 Å². The molecular formula is C12H18F3NO8. The van der Waals surface area contributed by atoms with Gasteiger partial charge in [0.05, 0.1) is 27.6 Å². The maximum Gasteiger partial charge on any atom is 0.430 e. The minimum Gasteiger partial charge on any atom is -0.542 e. The molecule has 0 fully saturated rings. The van der Waals surface area contributed by atoms with Crippen LogP contribution in [-0.2, 0) is 23.9 Å². The molecule has 24 heavy (non-hydrogen) atoms. The zero-order valence-corrected chi connectivity index (χ0v) is 13.1. The van der Waals surface area contributed by atoms with E-state index in [1.165, 1.54) is 0 Å². The van der Waals surface area contributed by atoms with Gasteiger partial charge < -0.3 is 29.3 Å². The van der Waals surface area contributed by atoms with Crippen molar-refractivity contribution < 1.29 is 56.9 Å². The Bertz CT molecular complexity index is 470. The highest BCUT2D eigenvalue weighted by Crippen LogP contribution is 2.11. The summed E-state index contributed by atoms with van der Waals surface area (Å²) in [7, 11) is 5.46. The molecule has 0 unspecified atom stereocenters. The number of carbonyl (C=O) groups excluding carboxylic acids is 2. The predicted octanol–water partition coefficient (Wildman–Crippen LogP) is -1.15. The van der Waals surface area contributed by atoms with E-state index in [0.717, 1.165) is 0 Å². The van der Waals surface area contributed by atoms with Crippen LogP contribution >= 0.6 is 0 Å². The summed E-state index contributed by atoms with van der Waals surface area (Å²) in [4.78, 5) is 40.8. The van der Waals surface area contributed by atoms with E-state index in [4.69, 9.17) is 24.9 Å². The van der Waals surface area contributed by atoms with Crippen molar-refractivity contribution in [2.45, 2.75) is 25.1 Å². The zero-order chi connectivity index (χ0) is 19.7. The van der Waals surface area contributed by atoms with E-state index in [0.29, 0.717) is 11.0 Å². The number of quaternary nitrogens is 1. The molecule has 0 bridgehead atoms. The van der Waals surface area contributed by atoms with E-state index in [9.17, 15) is 27.6 Å². The molecular weight excluding hydrogens is 346 g/mol. The lowest BCUT2D eigenvalue weighted by atomic mass is 10.2.